The molecule has 1 amide bonds. The van der Waals surface area contributed by atoms with Crippen LogP contribution in [-0.2, 0) is 14.8 Å². The molecule has 0 radical (unpaired) electrons. The maximum atomic E-state index is 13.9. The summed E-state index contributed by atoms with van der Waals surface area (Å²) in [5, 5.41) is 2.58. The molecule has 3 rings (SSSR count). The Morgan fingerprint density at radius 3 is 2.36 bits per heavy atom. The summed E-state index contributed by atoms with van der Waals surface area (Å²) >= 11 is 5.95. The fraction of sp³-hybridized carbons (Fsp3) is 0.269. The zero-order valence-electron chi connectivity index (χ0n) is 20.6. The maximum Gasteiger partial charge on any atom is 0.264 e. The van der Waals surface area contributed by atoms with Gasteiger partial charge in [-0.3, -0.25) is 9.10 Å². The van der Waals surface area contributed by atoms with Crippen molar-refractivity contribution in [2.24, 2.45) is 0 Å². The van der Waals surface area contributed by atoms with Gasteiger partial charge < -0.3 is 14.8 Å². The van der Waals surface area contributed by atoms with Gasteiger partial charge in [0, 0.05) is 11.8 Å². The first kappa shape index (κ1) is 27.3. The number of sulfonamides is 1. The van der Waals surface area contributed by atoms with Crippen molar-refractivity contribution in [3.8, 4) is 11.5 Å². The van der Waals surface area contributed by atoms with Crippen LogP contribution in [0.25, 0.3) is 0 Å². The van der Waals surface area contributed by atoms with Crippen LogP contribution >= 0.6 is 11.6 Å². The first-order valence-electron chi connectivity index (χ1n) is 11.1. The van der Waals surface area contributed by atoms with E-state index >= 15 is 0 Å². The summed E-state index contributed by atoms with van der Waals surface area (Å²) in [6.07, 6.45) is 0. The van der Waals surface area contributed by atoms with Gasteiger partial charge in [-0.2, -0.15) is 0 Å². The van der Waals surface area contributed by atoms with Crippen molar-refractivity contribution in [3.63, 3.8) is 0 Å². The molecule has 0 aliphatic carbocycles. The SMILES string of the molecule is COc1ccc(S(=O)(=O)N(CC(=O)Nc2c(C)cccc2C(C)C)c2ccc(F)c(Cl)c2)cc1OC. The predicted molar refractivity (Wildman–Crippen MR) is 139 cm³/mol. The largest absolute Gasteiger partial charge is 0.493 e. The number of benzene rings is 3. The molecule has 3 aromatic rings. The van der Waals surface area contributed by atoms with Gasteiger partial charge in [0.2, 0.25) is 5.91 Å². The van der Waals surface area contributed by atoms with Crippen LogP contribution in [0.2, 0.25) is 5.02 Å². The molecular formula is C26H28ClFN2O5S. The smallest absolute Gasteiger partial charge is 0.264 e. The van der Waals surface area contributed by atoms with E-state index in [1.807, 2.05) is 39.0 Å². The number of nitrogens with one attached hydrogen (secondary N) is 1. The van der Waals surface area contributed by atoms with Crippen molar-refractivity contribution in [3.05, 3.63) is 76.6 Å². The van der Waals surface area contributed by atoms with E-state index in [1.165, 1.54) is 38.5 Å². The van der Waals surface area contributed by atoms with Crippen molar-refractivity contribution >= 4 is 38.9 Å². The van der Waals surface area contributed by atoms with Gasteiger partial charge in [0.25, 0.3) is 10.0 Å². The van der Waals surface area contributed by atoms with Gasteiger partial charge in [-0.25, -0.2) is 12.8 Å². The minimum absolute atomic E-state index is 0.0280. The third kappa shape index (κ3) is 5.74. The molecule has 0 bridgehead atoms. The van der Waals surface area contributed by atoms with Gasteiger partial charge in [0.15, 0.2) is 11.5 Å². The molecule has 3 aromatic carbocycles. The number of rotatable bonds is 9. The zero-order chi connectivity index (χ0) is 26.6. The predicted octanol–water partition coefficient (Wildman–Crippen LogP) is 5.76. The molecule has 0 fully saturated rings. The molecule has 1 N–H and O–H groups in total. The van der Waals surface area contributed by atoms with E-state index in [9.17, 15) is 17.6 Å². The highest BCUT2D eigenvalue weighted by Gasteiger charge is 2.29. The summed E-state index contributed by atoms with van der Waals surface area (Å²) in [6.45, 7) is 5.28. The number of nitrogens with zero attached hydrogens (tertiary/aromatic N) is 1. The van der Waals surface area contributed by atoms with E-state index in [1.54, 1.807) is 0 Å². The van der Waals surface area contributed by atoms with Crippen molar-refractivity contribution < 1.29 is 27.1 Å². The van der Waals surface area contributed by atoms with Crippen molar-refractivity contribution in [2.75, 3.05) is 30.4 Å². The number of halogens is 2. The van der Waals surface area contributed by atoms with Crippen LogP contribution in [0.5, 0.6) is 11.5 Å². The highest BCUT2D eigenvalue weighted by Crippen LogP contribution is 2.33. The highest BCUT2D eigenvalue weighted by atomic mass is 35.5. The minimum atomic E-state index is -4.31. The van der Waals surface area contributed by atoms with Crippen LogP contribution in [0, 0.1) is 12.7 Å². The number of amides is 1. The number of hydrogen-bond donors (Lipinski definition) is 1. The Kier molecular flexibility index (Phi) is 8.47. The van der Waals surface area contributed by atoms with Crippen molar-refractivity contribution in [2.45, 2.75) is 31.6 Å². The Hall–Kier alpha value is -3.30. The van der Waals surface area contributed by atoms with Crippen LogP contribution in [0.1, 0.15) is 30.9 Å². The van der Waals surface area contributed by atoms with Crippen LogP contribution < -0.4 is 19.1 Å². The second-order valence-corrected chi connectivity index (χ2v) is 10.6. The molecule has 0 saturated carbocycles. The van der Waals surface area contributed by atoms with E-state index in [2.05, 4.69) is 5.32 Å². The zero-order valence-corrected chi connectivity index (χ0v) is 22.2. The molecule has 0 unspecified atom stereocenters. The van der Waals surface area contributed by atoms with Crippen LogP contribution in [-0.4, -0.2) is 35.1 Å². The number of aryl methyl sites for hydroxylation is 1. The van der Waals surface area contributed by atoms with Gasteiger partial charge >= 0.3 is 0 Å². The average molecular weight is 535 g/mol. The molecule has 36 heavy (non-hydrogen) atoms. The second-order valence-electron chi connectivity index (χ2n) is 8.37. The van der Waals surface area contributed by atoms with Gasteiger partial charge in [-0.05, 0) is 54.3 Å². The second kappa shape index (κ2) is 11.2. The topological polar surface area (TPSA) is 84.9 Å². The summed E-state index contributed by atoms with van der Waals surface area (Å²) in [6, 6.07) is 13.2. The lowest BCUT2D eigenvalue weighted by Crippen LogP contribution is -2.38. The van der Waals surface area contributed by atoms with Gasteiger partial charge in [-0.15, -0.1) is 0 Å². The van der Waals surface area contributed by atoms with Gasteiger partial charge in [0.1, 0.15) is 12.4 Å². The first-order valence-corrected chi connectivity index (χ1v) is 12.9. The summed E-state index contributed by atoms with van der Waals surface area (Å²) in [7, 11) is -1.50. The molecule has 0 aliphatic rings. The Labute approximate surface area is 215 Å². The number of anilines is 2. The molecule has 0 aliphatic heterocycles. The number of methoxy groups -OCH3 is 2. The molecule has 0 heterocycles. The lowest BCUT2D eigenvalue weighted by atomic mass is 9.98. The first-order chi connectivity index (χ1) is 17.0. The fourth-order valence-electron chi connectivity index (χ4n) is 3.71. The number of carbonyl (C=O) groups is 1. The van der Waals surface area contributed by atoms with Gasteiger partial charge in [-0.1, -0.05) is 43.6 Å². The van der Waals surface area contributed by atoms with Gasteiger partial charge in [0.05, 0.1) is 29.8 Å². The maximum absolute atomic E-state index is 13.9. The van der Waals surface area contributed by atoms with Crippen LogP contribution in [0.4, 0.5) is 15.8 Å². The third-order valence-electron chi connectivity index (χ3n) is 5.61. The minimum Gasteiger partial charge on any atom is -0.493 e. The quantitative estimate of drug-likeness (QED) is 0.377. The molecule has 0 saturated heterocycles. The standard InChI is InChI=1S/C26H28ClFN2O5S/c1-16(2)20-8-6-7-17(3)26(20)29-25(31)15-30(18-9-11-22(28)21(27)13-18)36(32,33)19-10-12-23(34-4)24(14-19)35-5/h6-14,16H,15H2,1-5H3,(H,29,31). The highest BCUT2D eigenvalue weighted by molar-refractivity contribution is 7.92. The summed E-state index contributed by atoms with van der Waals surface area (Å²) < 4.78 is 52.7. The monoisotopic (exact) mass is 534 g/mol. The Morgan fingerprint density at radius 1 is 1.06 bits per heavy atom. The Morgan fingerprint density at radius 2 is 1.75 bits per heavy atom. The van der Waals surface area contributed by atoms with E-state index < -0.39 is 28.3 Å². The van der Waals surface area contributed by atoms with E-state index in [4.69, 9.17) is 21.1 Å². The third-order valence-corrected chi connectivity index (χ3v) is 7.67. The molecule has 0 atom stereocenters. The summed E-state index contributed by atoms with van der Waals surface area (Å²) in [5.74, 6) is -0.624. The van der Waals surface area contributed by atoms with E-state index in [-0.39, 0.29) is 27.3 Å². The number of para-hydroxylation sites is 1. The fourth-order valence-corrected chi connectivity index (χ4v) is 5.31. The average Bonchev–Trinajstić information content (AvgIpc) is 2.84. The normalized spacial score (nSPS) is 11.3. The number of hydrogen-bond acceptors (Lipinski definition) is 5. The number of ether oxygens (including phenoxy) is 2. The number of carbonyl (C=O) groups excluding carboxylic acids is 1. The van der Waals surface area contributed by atoms with E-state index in [0.29, 0.717) is 11.4 Å². The molecule has 10 heteroatoms. The molecule has 7 nitrogen and oxygen atoms in total. The van der Waals surface area contributed by atoms with Crippen LogP contribution in [0.3, 0.4) is 0 Å². The molecule has 0 spiro atoms. The van der Waals surface area contributed by atoms with Crippen LogP contribution in [0.15, 0.2) is 59.5 Å². The summed E-state index contributed by atoms with van der Waals surface area (Å²) in [5.41, 5.74) is 2.41. The van der Waals surface area contributed by atoms with Crippen molar-refractivity contribution in [1.82, 2.24) is 0 Å². The molecule has 192 valence electrons. The summed E-state index contributed by atoms with van der Waals surface area (Å²) in [4.78, 5) is 13.1. The van der Waals surface area contributed by atoms with Crippen molar-refractivity contribution in [1.29, 1.82) is 0 Å². The molecule has 0 aromatic heterocycles. The lowest BCUT2D eigenvalue weighted by molar-refractivity contribution is -0.114. The molecular weight excluding hydrogens is 507 g/mol. The van der Waals surface area contributed by atoms with E-state index in [0.717, 1.165) is 27.6 Å². The lowest BCUT2D eigenvalue weighted by Gasteiger charge is -2.25. The Bertz CT molecular complexity index is 1380. The Balaban J connectivity index is 2.06.